The van der Waals surface area contributed by atoms with Crippen molar-refractivity contribution in [2.45, 2.75) is 37.7 Å². The van der Waals surface area contributed by atoms with Gasteiger partial charge in [-0.05, 0) is 44.4 Å². The van der Waals surface area contributed by atoms with E-state index in [0.29, 0.717) is 6.54 Å². The molecule has 0 aliphatic rings. The monoisotopic (exact) mass is 372 g/mol. The average Bonchev–Trinajstić information content (AvgIpc) is 3.24. The number of thioether (sulfide) groups is 1. The first-order valence-corrected chi connectivity index (χ1v) is 9.76. The van der Waals surface area contributed by atoms with Crippen LogP contribution in [0.15, 0.2) is 46.9 Å². The standard InChI is InChI=1S/C18H20N4OS2/c1-12-6-8-15(9-7-12)22-14(3)20-21-18(22)25-13(2)17(23)19-11-16-5-4-10-24-16/h4-10,13H,11H2,1-3H3,(H,19,23)/t13-/m0/s1. The fraction of sp³-hybridized carbons (Fsp3) is 0.278. The molecule has 0 aliphatic carbocycles. The zero-order valence-electron chi connectivity index (χ0n) is 14.4. The van der Waals surface area contributed by atoms with E-state index in [1.54, 1.807) is 11.3 Å². The van der Waals surface area contributed by atoms with Crippen molar-refractivity contribution in [1.29, 1.82) is 0 Å². The van der Waals surface area contributed by atoms with Crippen LogP contribution in [0.5, 0.6) is 0 Å². The number of carbonyl (C=O) groups is 1. The van der Waals surface area contributed by atoms with Crippen LogP contribution in [0.4, 0.5) is 0 Å². The summed E-state index contributed by atoms with van der Waals surface area (Å²) in [4.78, 5) is 13.5. The van der Waals surface area contributed by atoms with Gasteiger partial charge < -0.3 is 5.32 Å². The maximum absolute atomic E-state index is 12.4. The Morgan fingerprint density at radius 2 is 2.00 bits per heavy atom. The number of rotatable bonds is 6. The van der Waals surface area contributed by atoms with Gasteiger partial charge in [-0.3, -0.25) is 9.36 Å². The normalized spacial score (nSPS) is 12.1. The van der Waals surface area contributed by atoms with E-state index >= 15 is 0 Å². The number of amides is 1. The Morgan fingerprint density at radius 3 is 2.68 bits per heavy atom. The maximum atomic E-state index is 12.4. The van der Waals surface area contributed by atoms with Gasteiger partial charge in [-0.25, -0.2) is 0 Å². The van der Waals surface area contributed by atoms with E-state index in [4.69, 9.17) is 0 Å². The molecule has 0 fully saturated rings. The van der Waals surface area contributed by atoms with Crippen LogP contribution in [0, 0.1) is 13.8 Å². The van der Waals surface area contributed by atoms with Crippen LogP contribution in [0.3, 0.4) is 0 Å². The molecule has 2 heterocycles. The molecule has 0 radical (unpaired) electrons. The number of hydrogen-bond acceptors (Lipinski definition) is 5. The topological polar surface area (TPSA) is 59.8 Å². The first-order valence-electron chi connectivity index (χ1n) is 8.00. The number of thiophene rings is 1. The number of aryl methyl sites for hydroxylation is 2. The van der Waals surface area contributed by atoms with Gasteiger partial charge in [0.05, 0.1) is 11.8 Å². The summed E-state index contributed by atoms with van der Waals surface area (Å²) in [7, 11) is 0. The fourth-order valence-corrected chi connectivity index (χ4v) is 3.94. The number of benzene rings is 1. The summed E-state index contributed by atoms with van der Waals surface area (Å²) in [5, 5.41) is 13.9. The van der Waals surface area contributed by atoms with Crippen LogP contribution in [0.25, 0.3) is 5.69 Å². The first-order chi connectivity index (χ1) is 12.0. The zero-order chi connectivity index (χ0) is 17.8. The Kier molecular flexibility index (Phi) is 5.55. The van der Waals surface area contributed by atoms with E-state index in [9.17, 15) is 4.79 Å². The van der Waals surface area contributed by atoms with Crippen LogP contribution in [-0.2, 0) is 11.3 Å². The van der Waals surface area contributed by atoms with Crippen LogP contribution in [-0.4, -0.2) is 25.9 Å². The Bertz CT molecular complexity index is 841. The van der Waals surface area contributed by atoms with Gasteiger partial charge in [0.2, 0.25) is 5.91 Å². The third-order valence-corrected chi connectivity index (χ3v) is 5.67. The zero-order valence-corrected chi connectivity index (χ0v) is 16.0. The van der Waals surface area contributed by atoms with Gasteiger partial charge in [-0.2, -0.15) is 0 Å². The average molecular weight is 373 g/mol. The lowest BCUT2D eigenvalue weighted by atomic mass is 10.2. The minimum absolute atomic E-state index is 0.00508. The molecule has 25 heavy (non-hydrogen) atoms. The van der Waals surface area contributed by atoms with E-state index < -0.39 is 0 Å². The van der Waals surface area contributed by atoms with E-state index in [-0.39, 0.29) is 11.2 Å². The Hall–Kier alpha value is -2.12. The third kappa shape index (κ3) is 4.29. The second-order valence-electron chi connectivity index (χ2n) is 5.76. The molecule has 3 aromatic rings. The maximum Gasteiger partial charge on any atom is 0.233 e. The van der Waals surface area contributed by atoms with Crippen molar-refractivity contribution in [3.63, 3.8) is 0 Å². The van der Waals surface area contributed by atoms with Gasteiger partial charge in [0, 0.05) is 10.6 Å². The summed E-state index contributed by atoms with van der Waals surface area (Å²) in [6, 6.07) is 12.2. The lowest BCUT2D eigenvalue weighted by molar-refractivity contribution is -0.120. The molecule has 3 rings (SSSR count). The van der Waals surface area contributed by atoms with Crippen LogP contribution in [0.1, 0.15) is 23.2 Å². The van der Waals surface area contributed by atoms with Gasteiger partial charge in [-0.15, -0.1) is 21.5 Å². The highest BCUT2D eigenvalue weighted by molar-refractivity contribution is 8.00. The van der Waals surface area contributed by atoms with E-state index in [1.807, 2.05) is 48.1 Å². The second-order valence-corrected chi connectivity index (χ2v) is 8.10. The van der Waals surface area contributed by atoms with Crippen LogP contribution >= 0.6 is 23.1 Å². The highest BCUT2D eigenvalue weighted by atomic mass is 32.2. The molecule has 0 saturated carbocycles. The van der Waals surface area contributed by atoms with Crippen molar-refractivity contribution >= 4 is 29.0 Å². The van der Waals surface area contributed by atoms with Crippen molar-refractivity contribution in [1.82, 2.24) is 20.1 Å². The summed E-state index contributed by atoms with van der Waals surface area (Å²) in [6.07, 6.45) is 0. The van der Waals surface area contributed by atoms with Gasteiger partial charge >= 0.3 is 0 Å². The van der Waals surface area contributed by atoms with Gasteiger partial charge in [0.15, 0.2) is 5.16 Å². The molecule has 2 aromatic heterocycles. The SMILES string of the molecule is Cc1ccc(-n2c(C)nnc2S[C@@H](C)C(=O)NCc2cccs2)cc1. The molecule has 5 nitrogen and oxygen atoms in total. The van der Waals surface area contributed by atoms with E-state index in [2.05, 4.69) is 34.6 Å². The molecule has 1 amide bonds. The highest BCUT2D eigenvalue weighted by Crippen LogP contribution is 2.26. The van der Waals surface area contributed by atoms with Gasteiger partial charge in [0.25, 0.3) is 0 Å². The number of carbonyl (C=O) groups excluding carboxylic acids is 1. The molecule has 0 bridgehead atoms. The van der Waals surface area contributed by atoms with Gasteiger partial charge in [-0.1, -0.05) is 35.5 Å². The smallest absolute Gasteiger partial charge is 0.233 e. The molecule has 0 aliphatic heterocycles. The second kappa shape index (κ2) is 7.84. The van der Waals surface area contributed by atoms with Crippen molar-refractivity contribution in [2.75, 3.05) is 0 Å². The number of hydrogen-bond donors (Lipinski definition) is 1. The number of nitrogens with one attached hydrogen (secondary N) is 1. The highest BCUT2D eigenvalue weighted by Gasteiger charge is 2.19. The molecule has 0 unspecified atom stereocenters. The molecular formula is C18H20N4OS2. The molecule has 7 heteroatoms. The number of nitrogens with zero attached hydrogens (tertiary/aromatic N) is 3. The Balaban J connectivity index is 1.70. The molecular weight excluding hydrogens is 352 g/mol. The molecule has 1 N–H and O–H groups in total. The van der Waals surface area contributed by atoms with Crippen LogP contribution < -0.4 is 5.32 Å². The van der Waals surface area contributed by atoms with Crippen molar-refractivity contribution in [3.8, 4) is 5.69 Å². The Labute approximate surface area is 155 Å². The van der Waals surface area contributed by atoms with E-state index in [1.165, 1.54) is 17.3 Å². The van der Waals surface area contributed by atoms with Crippen molar-refractivity contribution < 1.29 is 4.79 Å². The van der Waals surface area contributed by atoms with Crippen LogP contribution in [0.2, 0.25) is 0 Å². The fourth-order valence-electron chi connectivity index (χ4n) is 2.35. The van der Waals surface area contributed by atoms with Gasteiger partial charge in [0.1, 0.15) is 5.82 Å². The predicted octanol–water partition coefficient (Wildman–Crippen LogP) is 3.74. The summed E-state index contributed by atoms with van der Waals surface area (Å²) in [5.41, 5.74) is 2.20. The molecule has 0 saturated heterocycles. The summed E-state index contributed by atoms with van der Waals surface area (Å²) >= 11 is 3.05. The Morgan fingerprint density at radius 1 is 1.24 bits per heavy atom. The van der Waals surface area contributed by atoms with Crippen molar-refractivity contribution in [2.24, 2.45) is 0 Å². The largest absolute Gasteiger partial charge is 0.350 e. The number of aromatic nitrogens is 3. The lowest BCUT2D eigenvalue weighted by Crippen LogP contribution is -2.30. The summed E-state index contributed by atoms with van der Waals surface area (Å²) < 4.78 is 1.98. The lowest BCUT2D eigenvalue weighted by Gasteiger charge is -2.13. The minimum Gasteiger partial charge on any atom is -0.350 e. The first kappa shape index (κ1) is 17.7. The molecule has 0 spiro atoms. The van der Waals surface area contributed by atoms with E-state index in [0.717, 1.165) is 21.5 Å². The predicted molar refractivity (Wildman–Crippen MR) is 102 cm³/mol. The van der Waals surface area contributed by atoms with Crippen molar-refractivity contribution in [3.05, 3.63) is 58.0 Å². The summed E-state index contributed by atoms with van der Waals surface area (Å²) in [5.74, 6) is 0.798. The summed E-state index contributed by atoms with van der Waals surface area (Å²) in [6.45, 7) is 6.42. The molecule has 1 aromatic carbocycles. The molecule has 130 valence electrons. The third-order valence-electron chi connectivity index (χ3n) is 3.76. The molecule has 1 atom stereocenters. The quantitative estimate of drug-likeness (QED) is 0.670. The minimum atomic E-state index is -0.257.